The molecule has 0 saturated carbocycles. The molecule has 0 heterocycles. The van der Waals surface area contributed by atoms with Crippen molar-refractivity contribution >= 4 is 5.97 Å². The first-order valence-electron chi connectivity index (χ1n) is 5.12. The average Bonchev–Trinajstić information content (AvgIpc) is 2.29. The molecular formula is C12H15NaO4. The fourth-order valence-electron chi connectivity index (χ4n) is 1.39. The van der Waals surface area contributed by atoms with Crippen molar-refractivity contribution in [3.05, 3.63) is 29.8 Å². The molecule has 0 bridgehead atoms. The van der Waals surface area contributed by atoms with E-state index in [4.69, 9.17) is 9.47 Å². The number of hydrogen-bond donors (Lipinski definition) is 0. The Morgan fingerprint density at radius 2 is 1.94 bits per heavy atom. The summed E-state index contributed by atoms with van der Waals surface area (Å²) in [4.78, 5) is 10.8. The van der Waals surface area contributed by atoms with Gasteiger partial charge in [-0.1, -0.05) is 12.1 Å². The van der Waals surface area contributed by atoms with E-state index in [1.54, 1.807) is 26.2 Å². The van der Waals surface area contributed by atoms with Gasteiger partial charge in [0, 0.05) is 13.0 Å². The Hall–Kier alpha value is -0.550. The molecule has 1 aromatic carbocycles. The van der Waals surface area contributed by atoms with Gasteiger partial charge in [-0.2, -0.15) is 0 Å². The van der Waals surface area contributed by atoms with Gasteiger partial charge < -0.3 is 19.4 Å². The Morgan fingerprint density at radius 3 is 2.35 bits per heavy atom. The Labute approximate surface area is 123 Å². The van der Waals surface area contributed by atoms with Crippen molar-refractivity contribution in [2.24, 2.45) is 0 Å². The van der Waals surface area contributed by atoms with Crippen LogP contribution in [0.15, 0.2) is 24.3 Å². The quantitative estimate of drug-likeness (QED) is 0.516. The second kappa shape index (κ2) is 8.53. The van der Waals surface area contributed by atoms with Crippen molar-refractivity contribution in [3.63, 3.8) is 0 Å². The van der Waals surface area contributed by atoms with E-state index in [9.17, 15) is 9.90 Å². The van der Waals surface area contributed by atoms with Gasteiger partial charge in [0.1, 0.15) is 11.9 Å². The van der Waals surface area contributed by atoms with E-state index < -0.39 is 12.1 Å². The fourth-order valence-corrected chi connectivity index (χ4v) is 1.39. The number of carboxylic acid groups (broad SMARTS) is 1. The van der Waals surface area contributed by atoms with Gasteiger partial charge in [0.2, 0.25) is 0 Å². The van der Waals surface area contributed by atoms with Crippen LogP contribution >= 0.6 is 0 Å². The number of carbonyl (C=O) groups is 1. The molecule has 0 aliphatic rings. The predicted molar refractivity (Wildman–Crippen MR) is 57.1 cm³/mol. The summed E-state index contributed by atoms with van der Waals surface area (Å²) in [6.07, 6.45) is -0.585. The summed E-state index contributed by atoms with van der Waals surface area (Å²) in [6.45, 7) is 2.11. The van der Waals surface area contributed by atoms with Gasteiger partial charge in [-0.25, -0.2) is 0 Å². The maximum Gasteiger partial charge on any atom is 1.00 e. The molecule has 0 aliphatic heterocycles. The van der Waals surface area contributed by atoms with Crippen LogP contribution < -0.4 is 39.4 Å². The maximum absolute atomic E-state index is 10.8. The summed E-state index contributed by atoms with van der Waals surface area (Å²) in [5.41, 5.74) is 0.878. The van der Waals surface area contributed by atoms with Crippen LogP contribution in [-0.4, -0.2) is 25.8 Å². The average molecular weight is 246 g/mol. The fraction of sp³-hybridized carbons (Fsp3) is 0.417. The predicted octanol–water partition coefficient (Wildman–Crippen LogP) is -2.60. The second-order valence-corrected chi connectivity index (χ2v) is 3.32. The van der Waals surface area contributed by atoms with E-state index in [0.29, 0.717) is 13.0 Å². The molecular weight excluding hydrogens is 231 g/mol. The molecule has 0 radical (unpaired) electrons. The number of benzene rings is 1. The number of methoxy groups -OCH3 is 1. The topological polar surface area (TPSA) is 58.6 Å². The SMILES string of the molecule is CCO[C@@H](Cc1ccc(OC)cc1)C(=O)[O-].[Na+]. The van der Waals surface area contributed by atoms with E-state index in [1.165, 1.54) is 0 Å². The smallest absolute Gasteiger partial charge is 0.547 e. The molecule has 0 saturated heterocycles. The van der Waals surface area contributed by atoms with E-state index in [1.807, 2.05) is 12.1 Å². The van der Waals surface area contributed by atoms with Crippen molar-refractivity contribution in [2.75, 3.05) is 13.7 Å². The molecule has 0 unspecified atom stereocenters. The first-order chi connectivity index (χ1) is 7.67. The van der Waals surface area contributed by atoms with Crippen molar-refractivity contribution in [2.45, 2.75) is 19.4 Å². The largest absolute Gasteiger partial charge is 1.00 e. The number of ether oxygens (including phenoxy) is 2. The zero-order valence-corrected chi connectivity index (χ0v) is 12.4. The van der Waals surface area contributed by atoms with Crippen LogP contribution in [0.1, 0.15) is 12.5 Å². The van der Waals surface area contributed by atoms with Crippen LogP contribution in [-0.2, 0) is 16.0 Å². The Bertz CT molecular complexity index is 337. The molecule has 1 atom stereocenters. The minimum absolute atomic E-state index is 0. The summed E-state index contributed by atoms with van der Waals surface area (Å²) < 4.78 is 10.1. The van der Waals surface area contributed by atoms with E-state index in [-0.39, 0.29) is 29.6 Å². The van der Waals surface area contributed by atoms with Gasteiger partial charge >= 0.3 is 29.6 Å². The number of rotatable bonds is 6. The van der Waals surface area contributed by atoms with E-state index >= 15 is 0 Å². The Balaban J connectivity index is 0.00000256. The van der Waals surface area contributed by atoms with Crippen LogP contribution in [0.3, 0.4) is 0 Å². The molecule has 0 N–H and O–H groups in total. The first-order valence-corrected chi connectivity index (χ1v) is 5.12. The first kappa shape index (κ1) is 16.4. The van der Waals surface area contributed by atoms with Crippen molar-refractivity contribution < 1.29 is 48.9 Å². The standard InChI is InChI=1S/C12H16O4.Na/c1-3-16-11(12(13)14)8-9-4-6-10(15-2)7-5-9;/h4-7,11H,3,8H2,1-2H3,(H,13,14);/q;+1/p-1/t11-;/m0./s1. The zero-order chi connectivity index (χ0) is 12.0. The molecule has 0 aliphatic carbocycles. The minimum atomic E-state index is -1.18. The van der Waals surface area contributed by atoms with Gasteiger partial charge in [-0.15, -0.1) is 0 Å². The maximum atomic E-state index is 10.8. The molecule has 5 heteroatoms. The van der Waals surface area contributed by atoms with Crippen molar-refractivity contribution in [1.82, 2.24) is 0 Å². The summed E-state index contributed by atoms with van der Waals surface area (Å²) in [5, 5.41) is 10.8. The van der Waals surface area contributed by atoms with Crippen molar-refractivity contribution in [3.8, 4) is 5.75 Å². The van der Waals surface area contributed by atoms with Gasteiger partial charge in [0.05, 0.1) is 13.1 Å². The van der Waals surface area contributed by atoms with Gasteiger partial charge in [0.15, 0.2) is 0 Å². The van der Waals surface area contributed by atoms with Crippen LogP contribution in [0.4, 0.5) is 0 Å². The number of carboxylic acids is 1. The zero-order valence-electron chi connectivity index (χ0n) is 10.4. The molecule has 0 amide bonds. The molecule has 1 aromatic rings. The van der Waals surface area contributed by atoms with Crippen LogP contribution in [0.25, 0.3) is 0 Å². The van der Waals surface area contributed by atoms with E-state index in [2.05, 4.69) is 0 Å². The third-order valence-electron chi connectivity index (χ3n) is 2.21. The molecule has 1 rings (SSSR count). The Kier molecular flexibility index (Phi) is 8.25. The summed E-state index contributed by atoms with van der Waals surface area (Å²) in [6, 6.07) is 7.20. The van der Waals surface area contributed by atoms with Gasteiger partial charge in [-0.05, 0) is 24.6 Å². The number of aliphatic carboxylic acids is 1. The molecule has 0 spiro atoms. The molecule has 17 heavy (non-hydrogen) atoms. The molecule has 0 fully saturated rings. The van der Waals surface area contributed by atoms with Gasteiger partial charge in [0.25, 0.3) is 0 Å². The third kappa shape index (κ3) is 5.55. The Morgan fingerprint density at radius 1 is 1.35 bits per heavy atom. The third-order valence-corrected chi connectivity index (χ3v) is 2.21. The van der Waals surface area contributed by atoms with Crippen molar-refractivity contribution in [1.29, 1.82) is 0 Å². The minimum Gasteiger partial charge on any atom is -0.547 e. The summed E-state index contributed by atoms with van der Waals surface area (Å²) >= 11 is 0. The van der Waals surface area contributed by atoms with Gasteiger partial charge in [-0.3, -0.25) is 0 Å². The number of hydrogen-bond acceptors (Lipinski definition) is 4. The monoisotopic (exact) mass is 246 g/mol. The van der Waals surface area contributed by atoms with Crippen LogP contribution in [0.5, 0.6) is 5.75 Å². The number of carbonyl (C=O) groups excluding carboxylic acids is 1. The second-order valence-electron chi connectivity index (χ2n) is 3.32. The normalized spacial score (nSPS) is 11.4. The van der Waals surface area contributed by atoms with Crippen LogP contribution in [0, 0.1) is 0 Å². The molecule has 88 valence electrons. The summed E-state index contributed by atoms with van der Waals surface area (Å²) in [5.74, 6) is -0.442. The van der Waals surface area contributed by atoms with Crippen LogP contribution in [0.2, 0.25) is 0 Å². The summed E-state index contributed by atoms with van der Waals surface area (Å²) in [7, 11) is 1.58. The molecule has 0 aromatic heterocycles. The molecule has 4 nitrogen and oxygen atoms in total. The van der Waals surface area contributed by atoms with E-state index in [0.717, 1.165) is 11.3 Å².